The van der Waals surface area contributed by atoms with Gasteiger partial charge in [-0.2, -0.15) is 0 Å². The number of rotatable bonds is 1. The predicted octanol–water partition coefficient (Wildman–Crippen LogP) is 1.33. The third-order valence-electron chi connectivity index (χ3n) is 0.674. The molecule has 1 rings (SSSR count). The summed E-state index contributed by atoms with van der Waals surface area (Å²) in [5.41, 5.74) is 0. The van der Waals surface area contributed by atoms with Crippen molar-refractivity contribution < 1.29 is 0 Å². The quantitative estimate of drug-likeness (QED) is 0.421. The standard InChI is InChI=1S/C4H6P/c1-2-4-3-5-4/h3H,2H2,1H3/q+1. The van der Waals surface area contributed by atoms with Crippen LogP contribution in [0, 0.1) is 0 Å². The Labute approximate surface area is 33.3 Å². The Morgan fingerprint density at radius 3 is 2.60 bits per heavy atom. The molecule has 0 nitrogen and oxygen atoms in total. The summed E-state index contributed by atoms with van der Waals surface area (Å²) in [6.07, 6.45) is 1.27. The molecule has 0 bridgehead atoms. The molecule has 0 fully saturated rings. The van der Waals surface area contributed by atoms with Gasteiger partial charge in [-0.3, -0.25) is 0 Å². The summed E-state index contributed by atoms with van der Waals surface area (Å²) >= 11 is 0. The summed E-state index contributed by atoms with van der Waals surface area (Å²) in [6, 6.07) is 0. The number of hydrogen-bond donors (Lipinski definition) is 0. The zero-order chi connectivity index (χ0) is 3.70. The first-order valence-corrected chi connectivity index (χ1v) is 2.79. The van der Waals surface area contributed by atoms with Crippen LogP contribution in [0.2, 0.25) is 0 Å². The third-order valence-corrected chi connectivity index (χ3v) is 1.61. The van der Waals surface area contributed by atoms with E-state index in [1.165, 1.54) is 14.2 Å². The van der Waals surface area contributed by atoms with Crippen LogP contribution < -0.4 is 0 Å². The van der Waals surface area contributed by atoms with Gasteiger partial charge in [0.1, 0.15) is 0 Å². The molecule has 0 atom stereocenters. The molecule has 0 aromatic carbocycles. The molecule has 0 spiro atoms. The minimum absolute atomic E-state index is 1.27. The normalized spacial score (nSPS) is 16.6. The van der Waals surface area contributed by atoms with Crippen LogP contribution in [0.4, 0.5) is 0 Å². The van der Waals surface area contributed by atoms with Gasteiger partial charge in [-0.05, 0) is 0 Å². The van der Waals surface area contributed by atoms with Gasteiger partial charge in [-0.15, -0.1) is 0 Å². The van der Waals surface area contributed by atoms with Gasteiger partial charge in [0.05, 0.1) is 0 Å². The third kappa shape index (κ3) is 0.735. The van der Waals surface area contributed by atoms with Crippen LogP contribution in [0.1, 0.15) is 13.3 Å². The van der Waals surface area contributed by atoms with Crippen LogP contribution >= 0.6 is 7.83 Å². The van der Waals surface area contributed by atoms with Gasteiger partial charge < -0.3 is 0 Å². The Balaban J connectivity index is 2.30. The number of hydrogen-bond acceptors (Lipinski definition) is 0. The summed E-state index contributed by atoms with van der Waals surface area (Å²) in [5, 5.41) is 1.60. The van der Waals surface area contributed by atoms with Crippen molar-refractivity contribution in [2.45, 2.75) is 13.3 Å². The molecule has 1 heterocycles. The van der Waals surface area contributed by atoms with Gasteiger partial charge in [-0.25, -0.2) is 0 Å². The van der Waals surface area contributed by atoms with Crippen molar-refractivity contribution >= 4 is 18.9 Å². The van der Waals surface area contributed by atoms with Crippen molar-refractivity contribution in [3.8, 4) is 0 Å². The molecule has 5 heavy (non-hydrogen) atoms. The van der Waals surface area contributed by atoms with Crippen LogP contribution in [-0.4, -0.2) is 11.1 Å². The van der Waals surface area contributed by atoms with Crippen LogP contribution in [0.25, 0.3) is 0 Å². The van der Waals surface area contributed by atoms with Gasteiger partial charge in [0.15, 0.2) is 0 Å². The summed E-state index contributed by atoms with van der Waals surface area (Å²) < 4.78 is 0. The van der Waals surface area contributed by atoms with Crippen LogP contribution in [0.15, 0.2) is 0 Å². The second-order valence-electron chi connectivity index (χ2n) is 1.10. The fraction of sp³-hybridized carbons (Fsp3) is 0.500. The molecule has 26 valence electrons. The topological polar surface area (TPSA) is 0 Å². The average molecular weight is 85.1 g/mol. The monoisotopic (exact) mass is 85.0 g/mol. The van der Waals surface area contributed by atoms with E-state index in [-0.39, 0.29) is 0 Å². The van der Waals surface area contributed by atoms with E-state index in [0.717, 1.165) is 0 Å². The second kappa shape index (κ2) is 1.10. The SMILES string of the molecule is CCC1=[P+]=C1. The molecule has 1 aliphatic heterocycles. The first-order valence-electron chi connectivity index (χ1n) is 1.83. The van der Waals surface area contributed by atoms with E-state index < -0.39 is 0 Å². The predicted molar refractivity (Wildman–Crippen MR) is 28.3 cm³/mol. The maximum absolute atomic E-state index is 2.24. The Morgan fingerprint density at radius 2 is 2.60 bits per heavy atom. The Morgan fingerprint density at radius 1 is 2.00 bits per heavy atom. The van der Waals surface area contributed by atoms with E-state index in [1.807, 2.05) is 0 Å². The van der Waals surface area contributed by atoms with Crippen LogP contribution in [-0.2, 0) is 0 Å². The van der Waals surface area contributed by atoms with Crippen LogP contribution in [0.5, 0.6) is 0 Å². The van der Waals surface area contributed by atoms with Crippen molar-refractivity contribution in [3.63, 3.8) is 0 Å². The molecule has 0 saturated heterocycles. The van der Waals surface area contributed by atoms with E-state index in [0.29, 0.717) is 0 Å². The summed E-state index contributed by atoms with van der Waals surface area (Å²) in [4.78, 5) is 0. The molecule has 0 unspecified atom stereocenters. The fourth-order valence-electron chi connectivity index (χ4n) is 0.228. The average Bonchev–Trinajstić information content (AvgIpc) is 2.12. The van der Waals surface area contributed by atoms with Gasteiger partial charge in [0.2, 0.25) is 0 Å². The van der Waals surface area contributed by atoms with E-state index in [1.54, 1.807) is 5.29 Å². The van der Waals surface area contributed by atoms with Crippen molar-refractivity contribution in [2.24, 2.45) is 0 Å². The summed E-state index contributed by atoms with van der Waals surface area (Å²) in [5.74, 6) is 2.24. The van der Waals surface area contributed by atoms with Gasteiger partial charge in [0, 0.05) is 0 Å². The first-order chi connectivity index (χ1) is 2.43. The second-order valence-corrected chi connectivity index (χ2v) is 2.19. The summed E-state index contributed by atoms with van der Waals surface area (Å²) in [7, 11) is 1.49. The Kier molecular flexibility index (Phi) is 0.740. The first kappa shape index (κ1) is 3.36. The van der Waals surface area contributed by atoms with Gasteiger partial charge >= 0.3 is 32.3 Å². The van der Waals surface area contributed by atoms with Crippen molar-refractivity contribution in [1.29, 1.82) is 0 Å². The van der Waals surface area contributed by atoms with Gasteiger partial charge in [-0.1, -0.05) is 0 Å². The molecule has 1 heteroatoms. The molecule has 0 saturated carbocycles. The fourth-order valence-corrected chi connectivity index (χ4v) is 0.685. The molecular weight excluding hydrogens is 79.0 g/mol. The van der Waals surface area contributed by atoms with E-state index in [4.69, 9.17) is 0 Å². The van der Waals surface area contributed by atoms with Crippen molar-refractivity contribution in [1.82, 2.24) is 0 Å². The zero-order valence-electron chi connectivity index (χ0n) is 3.23. The molecule has 0 aromatic rings. The molecule has 0 amide bonds. The van der Waals surface area contributed by atoms with Gasteiger partial charge in [0.25, 0.3) is 0 Å². The zero-order valence-corrected chi connectivity index (χ0v) is 4.13. The maximum atomic E-state index is 2.24. The Hall–Kier alpha value is 0.170. The van der Waals surface area contributed by atoms with Crippen molar-refractivity contribution in [3.05, 3.63) is 0 Å². The molecule has 0 aromatic heterocycles. The molecule has 0 N–H and O–H groups in total. The summed E-state index contributed by atoms with van der Waals surface area (Å²) in [6.45, 7) is 2.19. The van der Waals surface area contributed by atoms with E-state index in [9.17, 15) is 0 Å². The van der Waals surface area contributed by atoms with E-state index in [2.05, 4.69) is 12.7 Å². The van der Waals surface area contributed by atoms with Crippen LogP contribution in [0.3, 0.4) is 0 Å². The minimum atomic E-state index is 1.27. The van der Waals surface area contributed by atoms with E-state index >= 15 is 0 Å². The molecular formula is C4H6P+. The molecule has 1 aliphatic rings. The Bertz CT molecular complexity index is 96.2. The van der Waals surface area contributed by atoms with Crippen molar-refractivity contribution in [2.75, 3.05) is 0 Å². The molecule has 0 radical (unpaired) electrons. The molecule has 0 aliphatic carbocycles.